The van der Waals surface area contributed by atoms with Crippen molar-refractivity contribution >= 4 is 11.8 Å². The molecule has 0 bridgehead atoms. The Morgan fingerprint density at radius 1 is 1.33 bits per heavy atom. The number of hydrogen-bond acceptors (Lipinski definition) is 3. The number of thioether (sulfide) groups is 1. The van der Waals surface area contributed by atoms with Gasteiger partial charge in [-0.25, -0.2) is 0 Å². The topological polar surface area (TPSA) is 15.3 Å². The van der Waals surface area contributed by atoms with Crippen molar-refractivity contribution < 1.29 is 0 Å². The zero-order valence-corrected chi connectivity index (χ0v) is 10.9. The Balaban J connectivity index is 1.86. The first-order valence-corrected chi connectivity index (χ1v) is 7.67. The minimum Gasteiger partial charge on any atom is -0.312 e. The van der Waals surface area contributed by atoms with Gasteiger partial charge >= 0.3 is 0 Å². The Kier molecular flexibility index (Phi) is 4.35. The van der Waals surface area contributed by atoms with Crippen molar-refractivity contribution in [2.75, 3.05) is 31.6 Å². The van der Waals surface area contributed by atoms with Gasteiger partial charge in [-0.3, -0.25) is 4.90 Å². The molecule has 2 nitrogen and oxygen atoms in total. The third kappa shape index (κ3) is 3.36. The molecule has 1 aliphatic carbocycles. The highest BCUT2D eigenvalue weighted by Gasteiger charge is 2.34. The second kappa shape index (κ2) is 5.55. The predicted octanol–water partition coefficient (Wildman–Crippen LogP) is 1.81. The first kappa shape index (κ1) is 11.7. The van der Waals surface area contributed by atoms with Crippen molar-refractivity contribution in [2.24, 2.45) is 5.92 Å². The van der Waals surface area contributed by atoms with Crippen LogP contribution in [0.3, 0.4) is 0 Å². The Morgan fingerprint density at radius 3 is 2.80 bits per heavy atom. The monoisotopic (exact) mass is 228 g/mol. The molecule has 0 radical (unpaired) electrons. The van der Waals surface area contributed by atoms with Crippen LogP contribution in [0.4, 0.5) is 0 Å². The largest absolute Gasteiger partial charge is 0.312 e. The van der Waals surface area contributed by atoms with Crippen molar-refractivity contribution in [3.8, 4) is 0 Å². The van der Waals surface area contributed by atoms with Gasteiger partial charge in [0.05, 0.1) is 0 Å². The minimum absolute atomic E-state index is 0.772. The molecule has 2 atom stereocenters. The molecule has 2 rings (SSSR count). The molecule has 2 fully saturated rings. The van der Waals surface area contributed by atoms with Crippen LogP contribution in [0, 0.1) is 5.92 Å². The Morgan fingerprint density at radius 2 is 2.13 bits per heavy atom. The molecule has 1 aliphatic heterocycles. The molecule has 0 spiro atoms. The SMILES string of the molecule is CSCCN1CC(C2CC2)NCCC1C. The average molecular weight is 228 g/mol. The van der Waals surface area contributed by atoms with Gasteiger partial charge in [0.15, 0.2) is 0 Å². The van der Waals surface area contributed by atoms with Gasteiger partial charge in [-0.1, -0.05) is 0 Å². The van der Waals surface area contributed by atoms with E-state index in [1.54, 1.807) is 0 Å². The van der Waals surface area contributed by atoms with Gasteiger partial charge in [0.2, 0.25) is 0 Å². The molecule has 1 N–H and O–H groups in total. The van der Waals surface area contributed by atoms with Gasteiger partial charge in [-0.15, -0.1) is 0 Å². The second-order valence-electron chi connectivity index (χ2n) is 5.02. The van der Waals surface area contributed by atoms with Crippen molar-refractivity contribution in [2.45, 2.75) is 38.3 Å². The number of nitrogens with zero attached hydrogens (tertiary/aromatic N) is 1. The summed E-state index contributed by atoms with van der Waals surface area (Å²) >= 11 is 1.97. The van der Waals surface area contributed by atoms with E-state index in [2.05, 4.69) is 23.4 Å². The van der Waals surface area contributed by atoms with Crippen LogP contribution in [0.5, 0.6) is 0 Å². The standard InChI is InChI=1S/C12H24N2S/c1-10-5-6-13-12(11-3-4-11)9-14(10)7-8-15-2/h10-13H,3-9H2,1-2H3. The smallest absolute Gasteiger partial charge is 0.0223 e. The highest BCUT2D eigenvalue weighted by Crippen LogP contribution is 2.34. The fourth-order valence-corrected chi connectivity index (χ4v) is 2.91. The van der Waals surface area contributed by atoms with Crippen LogP contribution >= 0.6 is 11.8 Å². The van der Waals surface area contributed by atoms with Crippen molar-refractivity contribution in [3.63, 3.8) is 0 Å². The van der Waals surface area contributed by atoms with Crippen LogP contribution in [0.1, 0.15) is 26.2 Å². The van der Waals surface area contributed by atoms with Gasteiger partial charge in [-0.2, -0.15) is 11.8 Å². The van der Waals surface area contributed by atoms with E-state index >= 15 is 0 Å². The minimum atomic E-state index is 0.772. The van der Waals surface area contributed by atoms with Gasteiger partial charge in [0.1, 0.15) is 0 Å². The highest BCUT2D eigenvalue weighted by molar-refractivity contribution is 7.98. The summed E-state index contributed by atoms with van der Waals surface area (Å²) < 4.78 is 0. The Hall–Kier alpha value is 0.270. The second-order valence-corrected chi connectivity index (χ2v) is 6.01. The zero-order valence-electron chi connectivity index (χ0n) is 10.0. The molecule has 15 heavy (non-hydrogen) atoms. The van der Waals surface area contributed by atoms with E-state index in [1.807, 2.05) is 11.8 Å². The summed E-state index contributed by atoms with van der Waals surface area (Å²) in [5.41, 5.74) is 0. The molecule has 0 aromatic heterocycles. The Labute approximate surface area is 98.2 Å². The normalized spacial score (nSPS) is 34.0. The van der Waals surface area contributed by atoms with Crippen LogP contribution in [-0.4, -0.2) is 48.6 Å². The molecular formula is C12H24N2S. The first-order valence-electron chi connectivity index (χ1n) is 6.27. The van der Waals surface area contributed by atoms with Crippen molar-refractivity contribution in [3.05, 3.63) is 0 Å². The predicted molar refractivity (Wildman–Crippen MR) is 68.5 cm³/mol. The summed E-state index contributed by atoms with van der Waals surface area (Å²) in [7, 11) is 0. The zero-order chi connectivity index (χ0) is 10.7. The van der Waals surface area contributed by atoms with E-state index in [0.29, 0.717) is 0 Å². The molecule has 3 heteroatoms. The lowest BCUT2D eigenvalue weighted by Gasteiger charge is -2.28. The van der Waals surface area contributed by atoms with E-state index in [9.17, 15) is 0 Å². The summed E-state index contributed by atoms with van der Waals surface area (Å²) in [5.74, 6) is 2.27. The molecule has 0 amide bonds. The maximum atomic E-state index is 3.73. The molecule has 1 saturated heterocycles. The average Bonchev–Trinajstić information content (AvgIpc) is 3.03. The lowest BCUT2D eigenvalue weighted by atomic mass is 10.1. The van der Waals surface area contributed by atoms with E-state index in [4.69, 9.17) is 0 Å². The van der Waals surface area contributed by atoms with Crippen LogP contribution < -0.4 is 5.32 Å². The van der Waals surface area contributed by atoms with Crippen molar-refractivity contribution in [1.82, 2.24) is 10.2 Å². The maximum absolute atomic E-state index is 3.73. The summed E-state index contributed by atoms with van der Waals surface area (Å²) in [6.07, 6.45) is 6.45. The van der Waals surface area contributed by atoms with E-state index in [1.165, 1.54) is 44.6 Å². The molecule has 0 aromatic carbocycles. The van der Waals surface area contributed by atoms with Crippen LogP contribution in [0.15, 0.2) is 0 Å². The summed E-state index contributed by atoms with van der Waals surface area (Å²) in [6.45, 7) is 6.16. The van der Waals surface area contributed by atoms with E-state index in [0.717, 1.165) is 18.0 Å². The summed E-state index contributed by atoms with van der Waals surface area (Å²) in [5, 5.41) is 3.73. The lowest BCUT2D eigenvalue weighted by molar-refractivity contribution is 0.212. The molecular weight excluding hydrogens is 204 g/mol. The molecule has 88 valence electrons. The Bertz CT molecular complexity index is 194. The fraction of sp³-hybridized carbons (Fsp3) is 1.00. The summed E-state index contributed by atoms with van der Waals surface area (Å²) in [4.78, 5) is 2.69. The van der Waals surface area contributed by atoms with Crippen LogP contribution in [-0.2, 0) is 0 Å². The summed E-state index contributed by atoms with van der Waals surface area (Å²) in [6, 6.07) is 1.56. The number of nitrogens with one attached hydrogen (secondary N) is 1. The van der Waals surface area contributed by atoms with Crippen molar-refractivity contribution in [1.29, 1.82) is 0 Å². The maximum Gasteiger partial charge on any atom is 0.0223 e. The highest BCUT2D eigenvalue weighted by atomic mass is 32.2. The molecule has 1 heterocycles. The molecule has 1 saturated carbocycles. The van der Waals surface area contributed by atoms with Gasteiger partial charge in [0, 0.05) is 30.9 Å². The van der Waals surface area contributed by atoms with Gasteiger partial charge < -0.3 is 5.32 Å². The van der Waals surface area contributed by atoms with E-state index in [-0.39, 0.29) is 0 Å². The van der Waals surface area contributed by atoms with Gasteiger partial charge in [0.25, 0.3) is 0 Å². The first-order chi connectivity index (χ1) is 7.31. The van der Waals surface area contributed by atoms with Crippen LogP contribution in [0.2, 0.25) is 0 Å². The van der Waals surface area contributed by atoms with Gasteiger partial charge in [-0.05, 0) is 44.9 Å². The third-order valence-electron chi connectivity index (χ3n) is 3.80. The molecule has 0 aromatic rings. The third-order valence-corrected chi connectivity index (χ3v) is 4.39. The lowest BCUT2D eigenvalue weighted by Crippen LogP contribution is -2.42. The molecule has 2 aliphatic rings. The number of hydrogen-bond donors (Lipinski definition) is 1. The quantitative estimate of drug-likeness (QED) is 0.790. The number of rotatable bonds is 4. The van der Waals surface area contributed by atoms with E-state index < -0.39 is 0 Å². The fourth-order valence-electron chi connectivity index (χ4n) is 2.49. The van der Waals surface area contributed by atoms with Crippen LogP contribution in [0.25, 0.3) is 0 Å². The molecule has 2 unspecified atom stereocenters.